The SMILES string of the molecule is Cc1ccccc1OCCCn1cnc(-c2cccc([N+](=O)[O-])c2)n1. The zero-order valence-corrected chi connectivity index (χ0v) is 13.8. The van der Waals surface area contributed by atoms with Gasteiger partial charge < -0.3 is 4.74 Å². The maximum Gasteiger partial charge on any atom is 0.270 e. The molecule has 2 aromatic carbocycles. The lowest BCUT2D eigenvalue weighted by Gasteiger charge is -2.08. The van der Waals surface area contributed by atoms with Gasteiger partial charge in [-0.3, -0.25) is 14.8 Å². The highest BCUT2D eigenvalue weighted by atomic mass is 16.6. The molecule has 7 nitrogen and oxygen atoms in total. The van der Waals surface area contributed by atoms with Gasteiger partial charge in [0.1, 0.15) is 12.1 Å². The van der Waals surface area contributed by atoms with Crippen molar-refractivity contribution < 1.29 is 9.66 Å². The number of nitro benzene ring substituents is 1. The van der Waals surface area contributed by atoms with Crippen LogP contribution in [0.2, 0.25) is 0 Å². The zero-order chi connectivity index (χ0) is 17.6. The molecule has 3 aromatic rings. The Hall–Kier alpha value is -3.22. The molecule has 128 valence electrons. The van der Waals surface area contributed by atoms with Crippen LogP contribution in [0.3, 0.4) is 0 Å². The largest absolute Gasteiger partial charge is 0.493 e. The summed E-state index contributed by atoms with van der Waals surface area (Å²) in [6, 6.07) is 14.2. The lowest BCUT2D eigenvalue weighted by molar-refractivity contribution is -0.384. The van der Waals surface area contributed by atoms with E-state index in [4.69, 9.17) is 4.74 Å². The fourth-order valence-corrected chi connectivity index (χ4v) is 2.42. The topological polar surface area (TPSA) is 83.1 Å². The van der Waals surface area contributed by atoms with Crippen molar-refractivity contribution in [1.82, 2.24) is 14.8 Å². The Morgan fingerprint density at radius 1 is 1.20 bits per heavy atom. The Labute approximate surface area is 145 Å². The van der Waals surface area contributed by atoms with Crippen LogP contribution in [0.25, 0.3) is 11.4 Å². The van der Waals surface area contributed by atoms with Crippen LogP contribution in [-0.4, -0.2) is 26.3 Å². The van der Waals surface area contributed by atoms with Crippen molar-refractivity contribution in [1.29, 1.82) is 0 Å². The number of benzene rings is 2. The highest BCUT2D eigenvalue weighted by molar-refractivity contribution is 5.58. The average molecular weight is 338 g/mol. The maximum absolute atomic E-state index is 10.9. The molecule has 0 atom stereocenters. The van der Waals surface area contributed by atoms with E-state index in [0.29, 0.717) is 24.5 Å². The molecule has 1 aromatic heterocycles. The summed E-state index contributed by atoms with van der Waals surface area (Å²) in [5.41, 5.74) is 1.76. The molecular weight excluding hydrogens is 320 g/mol. The lowest BCUT2D eigenvalue weighted by Crippen LogP contribution is -2.05. The normalized spacial score (nSPS) is 10.6. The van der Waals surface area contributed by atoms with E-state index in [1.807, 2.05) is 31.2 Å². The molecule has 0 bridgehead atoms. The van der Waals surface area contributed by atoms with E-state index in [-0.39, 0.29) is 5.69 Å². The monoisotopic (exact) mass is 338 g/mol. The van der Waals surface area contributed by atoms with Gasteiger partial charge in [0.15, 0.2) is 5.82 Å². The molecule has 0 fully saturated rings. The highest BCUT2D eigenvalue weighted by Crippen LogP contribution is 2.20. The third kappa shape index (κ3) is 4.20. The van der Waals surface area contributed by atoms with E-state index in [9.17, 15) is 10.1 Å². The number of para-hydroxylation sites is 1. The van der Waals surface area contributed by atoms with Crippen molar-refractivity contribution in [2.45, 2.75) is 19.9 Å². The van der Waals surface area contributed by atoms with Gasteiger partial charge in [0.2, 0.25) is 0 Å². The van der Waals surface area contributed by atoms with Gasteiger partial charge in [-0.25, -0.2) is 4.98 Å². The molecule has 0 unspecified atom stereocenters. The van der Waals surface area contributed by atoms with Crippen LogP contribution < -0.4 is 4.74 Å². The number of aromatic nitrogens is 3. The Balaban J connectivity index is 1.56. The smallest absolute Gasteiger partial charge is 0.270 e. The summed E-state index contributed by atoms with van der Waals surface area (Å²) in [4.78, 5) is 14.6. The molecule has 3 rings (SSSR count). The van der Waals surface area contributed by atoms with Crippen LogP contribution >= 0.6 is 0 Å². The predicted molar refractivity (Wildman–Crippen MR) is 93.4 cm³/mol. The fourth-order valence-electron chi connectivity index (χ4n) is 2.42. The first kappa shape index (κ1) is 16.6. The first-order valence-electron chi connectivity index (χ1n) is 7.96. The number of nitro groups is 1. The summed E-state index contributed by atoms with van der Waals surface area (Å²) in [7, 11) is 0. The van der Waals surface area contributed by atoms with E-state index in [1.54, 1.807) is 23.1 Å². The molecular formula is C18H18N4O3. The molecule has 0 aliphatic rings. The minimum absolute atomic E-state index is 0.0282. The number of aryl methyl sites for hydroxylation is 2. The lowest BCUT2D eigenvalue weighted by atomic mass is 10.2. The zero-order valence-electron chi connectivity index (χ0n) is 13.8. The predicted octanol–water partition coefficient (Wildman–Crippen LogP) is 3.63. The molecule has 0 aliphatic heterocycles. The van der Waals surface area contributed by atoms with Crippen LogP contribution in [0, 0.1) is 17.0 Å². The van der Waals surface area contributed by atoms with Gasteiger partial charge in [0.25, 0.3) is 5.69 Å². The second-order valence-corrected chi connectivity index (χ2v) is 5.61. The van der Waals surface area contributed by atoms with Crippen molar-refractivity contribution in [3.05, 3.63) is 70.5 Å². The first-order chi connectivity index (χ1) is 12.1. The van der Waals surface area contributed by atoms with Crippen LogP contribution in [0.4, 0.5) is 5.69 Å². The number of non-ortho nitro benzene ring substituents is 1. The molecule has 7 heteroatoms. The van der Waals surface area contributed by atoms with Crippen LogP contribution in [0.15, 0.2) is 54.9 Å². The number of hydrogen-bond donors (Lipinski definition) is 0. The minimum Gasteiger partial charge on any atom is -0.493 e. The summed E-state index contributed by atoms with van der Waals surface area (Å²) in [5.74, 6) is 1.36. The van der Waals surface area contributed by atoms with Gasteiger partial charge in [-0.1, -0.05) is 30.3 Å². The average Bonchev–Trinajstić information content (AvgIpc) is 3.09. The third-order valence-corrected chi connectivity index (χ3v) is 3.73. The summed E-state index contributed by atoms with van der Waals surface area (Å²) < 4.78 is 7.47. The molecule has 0 radical (unpaired) electrons. The molecule has 0 saturated carbocycles. The standard InChI is InChI=1S/C18H18N4O3/c1-14-6-2-3-9-17(14)25-11-5-10-21-13-19-18(20-21)15-7-4-8-16(12-15)22(23)24/h2-4,6-9,12-13H,5,10-11H2,1H3. The van der Waals surface area contributed by atoms with Crippen molar-refractivity contribution in [3.63, 3.8) is 0 Å². The molecule has 0 N–H and O–H groups in total. The Bertz CT molecular complexity index is 876. The maximum atomic E-state index is 10.9. The van der Waals surface area contributed by atoms with Crippen LogP contribution in [-0.2, 0) is 6.54 Å². The van der Waals surface area contributed by atoms with Gasteiger partial charge in [0, 0.05) is 30.7 Å². The molecule has 25 heavy (non-hydrogen) atoms. The molecule has 0 saturated heterocycles. The third-order valence-electron chi connectivity index (χ3n) is 3.73. The molecule has 0 amide bonds. The summed E-state index contributed by atoms with van der Waals surface area (Å²) in [5, 5.41) is 15.2. The van der Waals surface area contributed by atoms with Crippen LogP contribution in [0.5, 0.6) is 5.75 Å². The molecule has 0 spiro atoms. The second-order valence-electron chi connectivity index (χ2n) is 5.61. The van der Waals surface area contributed by atoms with Gasteiger partial charge in [-0.15, -0.1) is 0 Å². The van der Waals surface area contributed by atoms with Crippen molar-refractivity contribution in [3.8, 4) is 17.1 Å². The van der Waals surface area contributed by atoms with E-state index >= 15 is 0 Å². The number of hydrogen-bond acceptors (Lipinski definition) is 5. The molecule has 1 heterocycles. The number of rotatable bonds is 7. The summed E-state index contributed by atoms with van der Waals surface area (Å²) in [6.07, 6.45) is 2.41. The van der Waals surface area contributed by atoms with Gasteiger partial charge in [-0.05, 0) is 18.6 Å². The second kappa shape index (κ2) is 7.57. The van der Waals surface area contributed by atoms with E-state index in [1.165, 1.54) is 12.1 Å². The summed E-state index contributed by atoms with van der Waals surface area (Å²) >= 11 is 0. The van der Waals surface area contributed by atoms with Crippen molar-refractivity contribution in [2.24, 2.45) is 0 Å². The van der Waals surface area contributed by atoms with E-state index < -0.39 is 4.92 Å². The summed E-state index contributed by atoms with van der Waals surface area (Å²) in [6.45, 7) is 3.25. The van der Waals surface area contributed by atoms with Gasteiger partial charge in [0.05, 0.1) is 11.5 Å². The number of nitrogens with zero attached hydrogens (tertiary/aromatic N) is 4. The van der Waals surface area contributed by atoms with Crippen molar-refractivity contribution >= 4 is 5.69 Å². The Morgan fingerprint density at radius 2 is 2.04 bits per heavy atom. The first-order valence-corrected chi connectivity index (χ1v) is 7.96. The fraction of sp³-hybridized carbons (Fsp3) is 0.222. The van der Waals surface area contributed by atoms with E-state index in [0.717, 1.165) is 17.7 Å². The number of ether oxygens (including phenoxy) is 1. The van der Waals surface area contributed by atoms with Crippen molar-refractivity contribution in [2.75, 3.05) is 6.61 Å². The molecule has 0 aliphatic carbocycles. The van der Waals surface area contributed by atoms with E-state index in [2.05, 4.69) is 10.1 Å². The highest BCUT2D eigenvalue weighted by Gasteiger charge is 2.10. The van der Waals surface area contributed by atoms with Gasteiger partial charge >= 0.3 is 0 Å². The van der Waals surface area contributed by atoms with Crippen LogP contribution in [0.1, 0.15) is 12.0 Å². The Kier molecular flexibility index (Phi) is 5.03. The van der Waals surface area contributed by atoms with Gasteiger partial charge in [-0.2, -0.15) is 5.10 Å². The Morgan fingerprint density at radius 3 is 2.84 bits per heavy atom. The minimum atomic E-state index is -0.427. The quantitative estimate of drug-likeness (QED) is 0.373.